The van der Waals surface area contributed by atoms with Gasteiger partial charge in [-0.1, -0.05) is 0 Å². The van der Waals surface area contributed by atoms with E-state index in [1.54, 1.807) is 30.6 Å². The third kappa shape index (κ3) is 2.51. The predicted octanol–water partition coefficient (Wildman–Crippen LogP) is 3.34. The SMILES string of the molecule is CN1CCc2nccc(Oc3ccc4c(ccn4C(=O)O)c3)c2C1. The molecule has 3 aromatic rings. The molecule has 0 atom stereocenters. The van der Waals surface area contributed by atoms with Gasteiger partial charge in [0, 0.05) is 48.5 Å². The Morgan fingerprint density at radius 3 is 3.00 bits per heavy atom. The molecule has 0 unspecified atom stereocenters. The number of fused-ring (bicyclic) bond motifs is 2. The van der Waals surface area contributed by atoms with Crippen molar-refractivity contribution in [3.05, 3.63) is 54.0 Å². The lowest BCUT2D eigenvalue weighted by molar-refractivity contribution is 0.197. The number of carboxylic acid groups (broad SMARTS) is 1. The number of benzene rings is 1. The minimum Gasteiger partial charge on any atom is -0.464 e. The minimum atomic E-state index is -0.995. The topological polar surface area (TPSA) is 67.6 Å². The van der Waals surface area contributed by atoms with Crippen LogP contribution in [0, 0.1) is 0 Å². The van der Waals surface area contributed by atoms with Crippen LogP contribution in [0.5, 0.6) is 11.5 Å². The number of rotatable bonds is 2. The Morgan fingerprint density at radius 1 is 1.29 bits per heavy atom. The quantitative estimate of drug-likeness (QED) is 0.783. The smallest absolute Gasteiger partial charge is 0.415 e. The molecule has 0 radical (unpaired) electrons. The van der Waals surface area contributed by atoms with E-state index in [0.29, 0.717) is 11.3 Å². The number of aromatic nitrogens is 2. The van der Waals surface area contributed by atoms with Crippen molar-refractivity contribution in [1.29, 1.82) is 0 Å². The molecule has 0 aliphatic carbocycles. The molecule has 3 heterocycles. The van der Waals surface area contributed by atoms with Crippen molar-refractivity contribution in [2.24, 2.45) is 0 Å². The van der Waals surface area contributed by atoms with Gasteiger partial charge in [0.15, 0.2) is 0 Å². The van der Waals surface area contributed by atoms with Crippen molar-refractivity contribution in [2.75, 3.05) is 13.6 Å². The molecule has 1 aliphatic rings. The van der Waals surface area contributed by atoms with Crippen molar-refractivity contribution < 1.29 is 14.6 Å². The van der Waals surface area contributed by atoms with Crippen molar-refractivity contribution >= 4 is 17.0 Å². The first-order valence-corrected chi connectivity index (χ1v) is 7.79. The van der Waals surface area contributed by atoms with E-state index in [0.717, 1.165) is 41.9 Å². The van der Waals surface area contributed by atoms with Gasteiger partial charge in [0.1, 0.15) is 11.5 Å². The van der Waals surface area contributed by atoms with Gasteiger partial charge in [-0.05, 0) is 37.4 Å². The molecule has 6 heteroatoms. The normalized spacial score (nSPS) is 14.5. The predicted molar refractivity (Wildman–Crippen MR) is 89.7 cm³/mol. The van der Waals surface area contributed by atoms with Crippen LogP contribution in [0.2, 0.25) is 0 Å². The zero-order chi connectivity index (χ0) is 16.7. The maximum atomic E-state index is 11.2. The highest BCUT2D eigenvalue weighted by Gasteiger charge is 2.19. The number of carbonyl (C=O) groups is 1. The fraction of sp³-hybridized carbons (Fsp3) is 0.222. The average Bonchev–Trinajstić information content (AvgIpc) is 2.99. The van der Waals surface area contributed by atoms with Gasteiger partial charge in [-0.15, -0.1) is 0 Å². The van der Waals surface area contributed by atoms with E-state index < -0.39 is 6.09 Å². The molecule has 1 N–H and O–H groups in total. The van der Waals surface area contributed by atoms with E-state index in [9.17, 15) is 4.79 Å². The van der Waals surface area contributed by atoms with Crippen molar-refractivity contribution in [3.63, 3.8) is 0 Å². The van der Waals surface area contributed by atoms with Crippen LogP contribution < -0.4 is 4.74 Å². The molecular formula is C18H17N3O3. The van der Waals surface area contributed by atoms with Crippen LogP contribution in [-0.4, -0.2) is 39.2 Å². The third-order valence-corrected chi connectivity index (χ3v) is 4.36. The number of pyridine rings is 1. The highest BCUT2D eigenvalue weighted by Crippen LogP contribution is 2.31. The van der Waals surface area contributed by atoms with E-state index in [1.807, 2.05) is 12.1 Å². The molecule has 4 rings (SSSR count). The lowest BCUT2D eigenvalue weighted by atomic mass is 10.1. The number of nitrogens with zero attached hydrogens (tertiary/aromatic N) is 3. The highest BCUT2D eigenvalue weighted by atomic mass is 16.5. The van der Waals surface area contributed by atoms with Crippen molar-refractivity contribution in [2.45, 2.75) is 13.0 Å². The summed E-state index contributed by atoms with van der Waals surface area (Å²) >= 11 is 0. The first kappa shape index (κ1) is 14.7. The van der Waals surface area contributed by atoms with Crippen LogP contribution in [0.4, 0.5) is 4.79 Å². The Hall–Kier alpha value is -2.86. The fourth-order valence-electron chi connectivity index (χ4n) is 3.12. The van der Waals surface area contributed by atoms with E-state index >= 15 is 0 Å². The maximum Gasteiger partial charge on any atom is 0.415 e. The van der Waals surface area contributed by atoms with E-state index in [-0.39, 0.29) is 0 Å². The van der Waals surface area contributed by atoms with Gasteiger partial charge in [-0.2, -0.15) is 0 Å². The summed E-state index contributed by atoms with van der Waals surface area (Å²) in [6.07, 6.45) is 3.24. The van der Waals surface area contributed by atoms with Crippen molar-refractivity contribution in [1.82, 2.24) is 14.5 Å². The average molecular weight is 323 g/mol. The standard InChI is InChI=1S/C18H17N3O3/c1-20-8-6-15-14(11-20)17(4-7-19-15)24-13-2-3-16-12(10-13)5-9-21(16)18(22)23/h2-5,7,9-10H,6,8,11H2,1H3,(H,22,23). The summed E-state index contributed by atoms with van der Waals surface area (Å²) in [6.45, 7) is 1.81. The van der Waals surface area contributed by atoms with Crippen LogP contribution >= 0.6 is 0 Å². The Labute approximate surface area is 138 Å². The van der Waals surface area contributed by atoms with Crippen LogP contribution in [0.15, 0.2) is 42.7 Å². The van der Waals surface area contributed by atoms with Crippen LogP contribution in [-0.2, 0) is 13.0 Å². The van der Waals surface area contributed by atoms with Gasteiger partial charge < -0.3 is 14.7 Å². The summed E-state index contributed by atoms with van der Waals surface area (Å²) in [5.41, 5.74) is 2.85. The number of hydrogen-bond acceptors (Lipinski definition) is 4. The molecule has 1 aliphatic heterocycles. The molecule has 2 aromatic heterocycles. The van der Waals surface area contributed by atoms with Gasteiger partial charge >= 0.3 is 6.09 Å². The van der Waals surface area contributed by atoms with Crippen LogP contribution in [0.25, 0.3) is 10.9 Å². The molecule has 0 saturated heterocycles. The zero-order valence-corrected chi connectivity index (χ0v) is 13.3. The summed E-state index contributed by atoms with van der Waals surface area (Å²) in [4.78, 5) is 17.9. The molecule has 122 valence electrons. The first-order chi connectivity index (χ1) is 11.6. The van der Waals surface area contributed by atoms with Crippen molar-refractivity contribution in [3.8, 4) is 11.5 Å². The second-order valence-corrected chi connectivity index (χ2v) is 6.01. The maximum absolute atomic E-state index is 11.2. The van der Waals surface area contributed by atoms with Crippen LogP contribution in [0.1, 0.15) is 11.3 Å². The summed E-state index contributed by atoms with van der Waals surface area (Å²) in [5, 5.41) is 9.98. The zero-order valence-electron chi connectivity index (χ0n) is 13.3. The first-order valence-electron chi connectivity index (χ1n) is 7.79. The molecular weight excluding hydrogens is 306 g/mol. The Kier molecular flexibility index (Phi) is 3.46. The molecule has 0 bridgehead atoms. The number of ether oxygens (including phenoxy) is 1. The summed E-state index contributed by atoms with van der Waals surface area (Å²) < 4.78 is 7.28. The van der Waals surface area contributed by atoms with Gasteiger partial charge in [0.25, 0.3) is 0 Å². The molecule has 1 aromatic carbocycles. The molecule has 24 heavy (non-hydrogen) atoms. The van der Waals surface area contributed by atoms with E-state index in [1.165, 1.54) is 4.57 Å². The van der Waals surface area contributed by atoms with Gasteiger partial charge in [-0.3, -0.25) is 9.55 Å². The van der Waals surface area contributed by atoms with Gasteiger partial charge in [0.2, 0.25) is 0 Å². The third-order valence-electron chi connectivity index (χ3n) is 4.36. The lowest BCUT2D eigenvalue weighted by Crippen LogP contribution is -2.27. The summed E-state index contributed by atoms with van der Waals surface area (Å²) in [7, 11) is 2.08. The van der Waals surface area contributed by atoms with Gasteiger partial charge in [0.05, 0.1) is 5.52 Å². The van der Waals surface area contributed by atoms with E-state index in [2.05, 4.69) is 16.9 Å². The van der Waals surface area contributed by atoms with E-state index in [4.69, 9.17) is 9.84 Å². The molecule has 0 amide bonds. The number of likely N-dealkylation sites (N-methyl/N-ethyl adjacent to an activating group) is 1. The second kappa shape index (κ2) is 5.65. The molecule has 0 saturated carbocycles. The molecule has 0 fully saturated rings. The summed E-state index contributed by atoms with van der Waals surface area (Å²) in [6, 6.07) is 9.06. The Bertz CT molecular complexity index is 932. The monoisotopic (exact) mass is 323 g/mol. The molecule has 6 nitrogen and oxygen atoms in total. The second-order valence-electron chi connectivity index (χ2n) is 6.01. The van der Waals surface area contributed by atoms with Crippen LogP contribution in [0.3, 0.4) is 0 Å². The van der Waals surface area contributed by atoms with Gasteiger partial charge in [-0.25, -0.2) is 4.79 Å². The number of hydrogen-bond donors (Lipinski definition) is 1. The summed E-state index contributed by atoms with van der Waals surface area (Å²) in [5.74, 6) is 1.50. The fourth-order valence-corrected chi connectivity index (χ4v) is 3.12. The minimum absolute atomic E-state index is 0.645. The molecule has 0 spiro atoms. The lowest BCUT2D eigenvalue weighted by Gasteiger charge is -2.25. The largest absolute Gasteiger partial charge is 0.464 e. The Balaban J connectivity index is 1.69. The Morgan fingerprint density at radius 2 is 2.17 bits per heavy atom. The highest BCUT2D eigenvalue weighted by molar-refractivity contribution is 5.89.